The molecule has 0 fully saturated rings. The van der Waals surface area contributed by atoms with E-state index in [1.807, 2.05) is 0 Å². The van der Waals surface area contributed by atoms with E-state index in [1.165, 1.54) is 25.1 Å². The van der Waals surface area contributed by atoms with Crippen molar-refractivity contribution in [3.05, 3.63) is 75.7 Å². The SMILES string of the molecule is Cc1nnc(CSc2nc3ccccc3c(=O)n2-c2cc(C(F)(F)F)ccc2C(F)(F)F)o1. The number of hydrogen-bond acceptors (Lipinski definition) is 6. The Morgan fingerprint density at radius 1 is 1.00 bits per heavy atom. The highest BCUT2D eigenvalue weighted by Crippen LogP contribution is 2.39. The van der Waals surface area contributed by atoms with Gasteiger partial charge >= 0.3 is 12.4 Å². The molecule has 0 atom stereocenters. The molecule has 0 N–H and O–H groups in total. The molecule has 4 aromatic rings. The topological polar surface area (TPSA) is 73.8 Å². The van der Waals surface area contributed by atoms with Crippen molar-refractivity contribution >= 4 is 22.7 Å². The minimum Gasteiger partial charge on any atom is -0.425 e. The lowest BCUT2D eigenvalue weighted by molar-refractivity contribution is -0.141. The molecule has 0 aliphatic carbocycles. The van der Waals surface area contributed by atoms with Crippen molar-refractivity contribution in [1.29, 1.82) is 0 Å². The van der Waals surface area contributed by atoms with E-state index < -0.39 is 34.7 Å². The van der Waals surface area contributed by atoms with E-state index in [0.29, 0.717) is 22.8 Å². The highest BCUT2D eigenvalue weighted by molar-refractivity contribution is 7.98. The summed E-state index contributed by atoms with van der Waals surface area (Å²) >= 11 is 0.777. The molecular formula is C20H12F6N4O2S. The van der Waals surface area contributed by atoms with Gasteiger partial charge in [0.15, 0.2) is 5.16 Å². The molecule has 2 aromatic heterocycles. The molecule has 0 amide bonds. The number of benzene rings is 2. The Kier molecular flexibility index (Phi) is 5.68. The fourth-order valence-electron chi connectivity index (χ4n) is 3.08. The molecule has 4 rings (SSSR count). The number of halogens is 6. The van der Waals surface area contributed by atoms with Crippen LogP contribution in [0, 0.1) is 6.92 Å². The first-order chi connectivity index (χ1) is 15.4. The largest absolute Gasteiger partial charge is 0.425 e. The van der Waals surface area contributed by atoms with Gasteiger partial charge in [-0.15, -0.1) is 10.2 Å². The van der Waals surface area contributed by atoms with Gasteiger partial charge in [-0.1, -0.05) is 23.9 Å². The van der Waals surface area contributed by atoms with Crippen LogP contribution >= 0.6 is 11.8 Å². The number of para-hydroxylation sites is 1. The minimum absolute atomic E-state index is 0.0546. The van der Waals surface area contributed by atoms with Crippen LogP contribution in [0.4, 0.5) is 26.3 Å². The lowest BCUT2D eigenvalue weighted by Gasteiger charge is -2.19. The van der Waals surface area contributed by atoms with Crippen LogP contribution < -0.4 is 5.56 Å². The first-order valence-corrected chi connectivity index (χ1v) is 10.2. The van der Waals surface area contributed by atoms with Gasteiger partial charge in [0.1, 0.15) is 0 Å². The Morgan fingerprint density at radius 2 is 1.73 bits per heavy atom. The summed E-state index contributed by atoms with van der Waals surface area (Å²) in [6.45, 7) is 1.53. The summed E-state index contributed by atoms with van der Waals surface area (Å²) < 4.78 is 86.9. The van der Waals surface area contributed by atoms with Crippen molar-refractivity contribution < 1.29 is 30.8 Å². The summed E-state index contributed by atoms with van der Waals surface area (Å²) in [5.74, 6) is 0.268. The molecule has 0 aliphatic rings. The zero-order chi connectivity index (χ0) is 24.0. The Hall–Kier alpha value is -3.35. The maximum absolute atomic E-state index is 13.7. The Labute approximate surface area is 185 Å². The fourth-order valence-corrected chi connectivity index (χ4v) is 3.92. The Morgan fingerprint density at radius 3 is 2.36 bits per heavy atom. The summed E-state index contributed by atoms with van der Waals surface area (Å²) in [6.07, 6.45) is -9.96. The third-order valence-electron chi connectivity index (χ3n) is 4.51. The second-order valence-electron chi connectivity index (χ2n) is 6.78. The first-order valence-electron chi connectivity index (χ1n) is 9.17. The van der Waals surface area contributed by atoms with Gasteiger partial charge in [0.25, 0.3) is 5.56 Å². The molecule has 0 radical (unpaired) electrons. The number of thioether (sulfide) groups is 1. The van der Waals surface area contributed by atoms with Crippen molar-refractivity contribution in [2.45, 2.75) is 30.2 Å². The average molecular weight is 486 g/mol. The van der Waals surface area contributed by atoms with E-state index in [-0.39, 0.29) is 33.6 Å². The quantitative estimate of drug-likeness (QED) is 0.218. The average Bonchev–Trinajstić information content (AvgIpc) is 3.16. The third-order valence-corrected chi connectivity index (χ3v) is 5.43. The number of fused-ring (bicyclic) bond motifs is 1. The number of rotatable bonds is 4. The second kappa shape index (κ2) is 8.21. The summed E-state index contributed by atoms with van der Waals surface area (Å²) in [7, 11) is 0. The molecule has 0 spiro atoms. The van der Waals surface area contributed by atoms with Crippen LogP contribution in [0.15, 0.2) is 56.8 Å². The maximum atomic E-state index is 13.7. The first kappa shape index (κ1) is 22.8. The summed E-state index contributed by atoms with van der Waals surface area (Å²) in [5, 5.41) is 7.09. The van der Waals surface area contributed by atoms with Crippen LogP contribution in [0.1, 0.15) is 22.9 Å². The maximum Gasteiger partial charge on any atom is 0.418 e. The molecule has 6 nitrogen and oxygen atoms in total. The van der Waals surface area contributed by atoms with E-state index in [9.17, 15) is 31.1 Å². The van der Waals surface area contributed by atoms with E-state index >= 15 is 0 Å². The summed E-state index contributed by atoms with van der Waals surface area (Å²) in [4.78, 5) is 17.5. The second-order valence-corrected chi connectivity index (χ2v) is 7.73. The van der Waals surface area contributed by atoms with E-state index in [0.717, 1.165) is 11.8 Å². The van der Waals surface area contributed by atoms with Crippen molar-refractivity contribution in [2.75, 3.05) is 0 Å². The molecule has 172 valence electrons. The van der Waals surface area contributed by atoms with Crippen LogP contribution in [-0.2, 0) is 18.1 Å². The van der Waals surface area contributed by atoms with Crippen LogP contribution in [0.5, 0.6) is 0 Å². The predicted octanol–water partition coefficient (Wildman–Crippen LogP) is 5.41. The van der Waals surface area contributed by atoms with Crippen LogP contribution in [0.2, 0.25) is 0 Å². The molecule has 0 bridgehead atoms. The smallest absolute Gasteiger partial charge is 0.418 e. The standard InChI is InChI=1S/C20H12F6N4O2S/c1-10-28-29-16(32-10)9-33-18-27-14-5-3-2-4-12(14)17(31)30(18)15-8-11(19(21,22)23)6-7-13(15)20(24,25)26/h2-8H,9H2,1H3. The molecule has 0 saturated heterocycles. The number of hydrogen-bond donors (Lipinski definition) is 0. The highest BCUT2D eigenvalue weighted by atomic mass is 32.2. The lowest BCUT2D eigenvalue weighted by Crippen LogP contribution is -2.25. The third kappa shape index (κ3) is 4.58. The van der Waals surface area contributed by atoms with E-state index in [2.05, 4.69) is 15.2 Å². The monoisotopic (exact) mass is 486 g/mol. The normalized spacial score (nSPS) is 12.5. The predicted molar refractivity (Wildman–Crippen MR) is 106 cm³/mol. The van der Waals surface area contributed by atoms with E-state index in [4.69, 9.17) is 4.42 Å². The molecule has 2 heterocycles. The molecule has 2 aromatic carbocycles. The number of aromatic nitrogens is 4. The molecule has 33 heavy (non-hydrogen) atoms. The molecular weight excluding hydrogens is 474 g/mol. The fraction of sp³-hybridized carbons (Fsp3) is 0.200. The summed E-state index contributed by atoms with van der Waals surface area (Å²) in [6, 6.07) is 6.76. The van der Waals surface area contributed by atoms with Gasteiger partial charge < -0.3 is 4.42 Å². The van der Waals surface area contributed by atoms with Crippen LogP contribution in [0.3, 0.4) is 0 Å². The molecule has 13 heteroatoms. The molecule has 0 saturated carbocycles. The van der Waals surface area contributed by atoms with Crippen LogP contribution in [0.25, 0.3) is 16.6 Å². The van der Waals surface area contributed by atoms with E-state index in [1.54, 1.807) is 6.07 Å². The number of nitrogens with zero attached hydrogens (tertiary/aromatic N) is 4. The van der Waals surface area contributed by atoms with Crippen molar-refractivity contribution in [2.24, 2.45) is 0 Å². The van der Waals surface area contributed by atoms with Gasteiger partial charge in [-0.3, -0.25) is 9.36 Å². The summed E-state index contributed by atoms with van der Waals surface area (Å²) in [5.41, 5.74) is -4.51. The van der Waals surface area contributed by atoms with Gasteiger partial charge in [-0.2, -0.15) is 26.3 Å². The zero-order valence-electron chi connectivity index (χ0n) is 16.5. The van der Waals surface area contributed by atoms with Crippen LogP contribution in [-0.4, -0.2) is 19.7 Å². The van der Waals surface area contributed by atoms with Gasteiger partial charge in [-0.25, -0.2) is 4.98 Å². The number of aryl methyl sites for hydroxylation is 1. The lowest BCUT2D eigenvalue weighted by atomic mass is 10.1. The number of alkyl halides is 6. The van der Waals surface area contributed by atoms with Crippen molar-refractivity contribution in [3.8, 4) is 5.69 Å². The van der Waals surface area contributed by atoms with Crippen molar-refractivity contribution in [3.63, 3.8) is 0 Å². The minimum atomic E-state index is -5.03. The van der Waals surface area contributed by atoms with Gasteiger partial charge in [0.05, 0.1) is 33.5 Å². The van der Waals surface area contributed by atoms with Crippen molar-refractivity contribution in [1.82, 2.24) is 19.7 Å². The molecule has 0 unspecified atom stereocenters. The highest BCUT2D eigenvalue weighted by Gasteiger charge is 2.38. The van der Waals surface area contributed by atoms with Gasteiger partial charge in [-0.05, 0) is 30.3 Å². The van der Waals surface area contributed by atoms with Gasteiger partial charge in [0, 0.05) is 6.92 Å². The zero-order valence-corrected chi connectivity index (χ0v) is 17.3. The Bertz CT molecular complexity index is 1390. The molecule has 0 aliphatic heterocycles. The Balaban J connectivity index is 1.99. The van der Waals surface area contributed by atoms with Gasteiger partial charge in [0.2, 0.25) is 11.8 Å².